The van der Waals surface area contributed by atoms with Gasteiger partial charge in [-0.3, -0.25) is 9.79 Å². The van der Waals surface area contributed by atoms with Gasteiger partial charge in [-0.25, -0.2) is 0 Å². The first kappa shape index (κ1) is 19.5. The van der Waals surface area contributed by atoms with Crippen LogP contribution >= 0.6 is 24.0 Å². The number of nitrogens with one attached hydrogen (secondary N) is 1. The Morgan fingerprint density at radius 1 is 1.23 bits per heavy atom. The monoisotopic (exact) mass is 422 g/mol. The third-order valence-corrected chi connectivity index (χ3v) is 4.49. The minimum atomic E-state index is 0. The minimum Gasteiger partial charge on any atom is -0.357 e. The van der Waals surface area contributed by atoms with Gasteiger partial charge in [0.1, 0.15) is 0 Å². The summed E-state index contributed by atoms with van der Waals surface area (Å²) < 4.78 is 0. The van der Waals surface area contributed by atoms with Crippen molar-refractivity contribution >= 4 is 35.8 Å². The maximum Gasteiger partial charge on any atom is 0.222 e. The van der Waals surface area contributed by atoms with Crippen molar-refractivity contribution in [3.8, 4) is 0 Å². The van der Waals surface area contributed by atoms with E-state index in [0.29, 0.717) is 11.9 Å². The van der Waals surface area contributed by atoms with E-state index in [1.54, 1.807) is 0 Å². The van der Waals surface area contributed by atoms with E-state index >= 15 is 0 Å². The fraction of sp³-hybridized carbons (Fsp3) is 0.875. The van der Waals surface area contributed by atoms with Gasteiger partial charge in [0.15, 0.2) is 5.96 Å². The molecule has 0 aliphatic carbocycles. The second-order valence-corrected chi connectivity index (χ2v) is 5.97. The highest BCUT2D eigenvalue weighted by Crippen LogP contribution is 2.18. The Hall–Kier alpha value is -0.530. The Morgan fingerprint density at radius 3 is 2.50 bits per heavy atom. The third-order valence-electron chi connectivity index (χ3n) is 4.49. The lowest BCUT2D eigenvalue weighted by Gasteiger charge is -2.27. The molecule has 1 unspecified atom stereocenters. The molecular weight excluding hydrogens is 391 g/mol. The molecule has 2 aliphatic heterocycles. The van der Waals surface area contributed by atoms with E-state index in [0.717, 1.165) is 64.4 Å². The fourth-order valence-corrected chi connectivity index (χ4v) is 3.31. The number of nitrogens with zero attached hydrogens (tertiary/aromatic N) is 3. The van der Waals surface area contributed by atoms with Crippen molar-refractivity contribution in [1.29, 1.82) is 0 Å². The van der Waals surface area contributed by atoms with E-state index in [-0.39, 0.29) is 24.0 Å². The zero-order valence-corrected chi connectivity index (χ0v) is 16.3. The summed E-state index contributed by atoms with van der Waals surface area (Å²) in [6.07, 6.45) is 6.30. The van der Waals surface area contributed by atoms with Crippen molar-refractivity contribution in [2.75, 3.05) is 32.7 Å². The van der Waals surface area contributed by atoms with Gasteiger partial charge in [0.2, 0.25) is 5.91 Å². The first-order valence-corrected chi connectivity index (χ1v) is 8.59. The van der Waals surface area contributed by atoms with Gasteiger partial charge < -0.3 is 15.1 Å². The fourth-order valence-electron chi connectivity index (χ4n) is 3.31. The molecule has 0 aromatic carbocycles. The van der Waals surface area contributed by atoms with E-state index in [9.17, 15) is 4.79 Å². The number of guanidine groups is 1. The van der Waals surface area contributed by atoms with Gasteiger partial charge >= 0.3 is 0 Å². The first-order valence-electron chi connectivity index (χ1n) is 8.59. The molecule has 22 heavy (non-hydrogen) atoms. The summed E-state index contributed by atoms with van der Waals surface area (Å²) in [7, 11) is 0. The molecule has 0 bridgehead atoms. The summed E-state index contributed by atoms with van der Waals surface area (Å²) in [6, 6.07) is 0.366. The van der Waals surface area contributed by atoms with Gasteiger partial charge in [0.05, 0.1) is 0 Å². The molecule has 128 valence electrons. The quantitative estimate of drug-likeness (QED) is 0.407. The van der Waals surface area contributed by atoms with Crippen LogP contribution in [0, 0.1) is 0 Å². The van der Waals surface area contributed by atoms with Crippen LogP contribution in [0.3, 0.4) is 0 Å². The lowest BCUT2D eigenvalue weighted by molar-refractivity contribution is -0.129. The maximum atomic E-state index is 11.9. The second-order valence-electron chi connectivity index (χ2n) is 5.97. The average molecular weight is 422 g/mol. The largest absolute Gasteiger partial charge is 0.357 e. The van der Waals surface area contributed by atoms with E-state index in [1.807, 2.05) is 0 Å². The molecule has 0 aromatic heterocycles. The molecule has 2 heterocycles. The van der Waals surface area contributed by atoms with E-state index in [1.165, 1.54) is 12.8 Å². The third kappa shape index (κ3) is 5.28. The summed E-state index contributed by atoms with van der Waals surface area (Å²) in [4.78, 5) is 21.0. The Balaban J connectivity index is 0.00000242. The highest BCUT2D eigenvalue weighted by Gasteiger charge is 2.26. The SMILES string of the molecule is CCNC(=NCCC(CC)N1CCCC1=O)N1CCCC1.I. The molecule has 0 radical (unpaired) electrons. The number of likely N-dealkylation sites (tertiary alicyclic amines) is 2. The number of carbonyl (C=O) groups is 1. The predicted molar refractivity (Wildman–Crippen MR) is 102 cm³/mol. The van der Waals surface area contributed by atoms with Gasteiger partial charge in [-0.05, 0) is 39.0 Å². The standard InChI is InChI=1S/C16H30N4O.HI/c1-3-14(20-13-7-8-15(20)21)9-10-18-16(17-4-2)19-11-5-6-12-19;/h14H,3-13H2,1-2H3,(H,17,18);1H. The molecule has 2 fully saturated rings. The topological polar surface area (TPSA) is 47.9 Å². The van der Waals surface area contributed by atoms with Crippen molar-refractivity contribution in [2.24, 2.45) is 4.99 Å². The van der Waals surface area contributed by atoms with Gasteiger partial charge in [-0.2, -0.15) is 0 Å². The molecule has 5 nitrogen and oxygen atoms in total. The molecule has 2 saturated heterocycles. The Labute approximate surface area is 151 Å². The molecule has 1 N–H and O–H groups in total. The zero-order chi connectivity index (χ0) is 15.1. The molecule has 1 amide bonds. The van der Waals surface area contributed by atoms with Crippen molar-refractivity contribution in [3.63, 3.8) is 0 Å². The molecule has 2 aliphatic rings. The highest BCUT2D eigenvalue weighted by molar-refractivity contribution is 14.0. The van der Waals surface area contributed by atoms with Crippen LogP contribution < -0.4 is 5.32 Å². The first-order chi connectivity index (χ1) is 10.3. The van der Waals surface area contributed by atoms with Crippen molar-refractivity contribution < 1.29 is 4.79 Å². The average Bonchev–Trinajstić information content (AvgIpc) is 3.14. The molecule has 0 spiro atoms. The number of hydrogen-bond donors (Lipinski definition) is 1. The van der Waals surface area contributed by atoms with E-state index in [4.69, 9.17) is 4.99 Å². The lowest BCUT2D eigenvalue weighted by Crippen LogP contribution is -2.40. The van der Waals surface area contributed by atoms with E-state index in [2.05, 4.69) is 29.0 Å². The zero-order valence-electron chi connectivity index (χ0n) is 14.0. The van der Waals surface area contributed by atoms with Crippen LogP contribution in [0.15, 0.2) is 4.99 Å². The maximum absolute atomic E-state index is 11.9. The smallest absolute Gasteiger partial charge is 0.222 e. The Morgan fingerprint density at radius 2 is 1.95 bits per heavy atom. The van der Waals surface area contributed by atoms with Crippen molar-refractivity contribution in [2.45, 2.75) is 58.4 Å². The van der Waals surface area contributed by atoms with Crippen LogP contribution in [0.1, 0.15) is 52.4 Å². The second kappa shape index (κ2) is 10.3. The van der Waals surface area contributed by atoms with Crippen molar-refractivity contribution in [1.82, 2.24) is 15.1 Å². The molecule has 1 atom stereocenters. The van der Waals surface area contributed by atoms with Crippen LogP contribution in [0.5, 0.6) is 0 Å². The van der Waals surface area contributed by atoms with Gasteiger partial charge in [0, 0.05) is 45.2 Å². The molecule has 2 rings (SSSR count). The summed E-state index contributed by atoms with van der Waals surface area (Å²) in [5.74, 6) is 1.38. The predicted octanol–water partition coefficient (Wildman–Crippen LogP) is 2.46. The summed E-state index contributed by atoms with van der Waals surface area (Å²) in [6.45, 7) is 9.18. The van der Waals surface area contributed by atoms with Crippen LogP contribution in [0.2, 0.25) is 0 Å². The van der Waals surface area contributed by atoms with Crippen LogP contribution in [0.25, 0.3) is 0 Å². The minimum absolute atomic E-state index is 0. The molecule has 6 heteroatoms. The summed E-state index contributed by atoms with van der Waals surface area (Å²) in [5.41, 5.74) is 0. The van der Waals surface area contributed by atoms with Gasteiger partial charge in [-0.1, -0.05) is 6.92 Å². The van der Waals surface area contributed by atoms with E-state index < -0.39 is 0 Å². The normalized spacial score (nSPS) is 20.3. The Bertz CT molecular complexity index is 369. The highest BCUT2D eigenvalue weighted by atomic mass is 127. The van der Waals surface area contributed by atoms with Crippen LogP contribution in [-0.2, 0) is 4.79 Å². The Kier molecular flexibility index (Phi) is 9.12. The number of amides is 1. The van der Waals surface area contributed by atoms with Gasteiger partial charge in [-0.15, -0.1) is 24.0 Å². The molecule has 0 saturated carbocycles. The molecule has 0 aromatic rings. The number of halogens is 1. The lowest BCUT2D eigenvalue weighted by atomic mass is 10.1. The summed E-state index contributed by atoms with van der Waals surface area (Å²) >= 11 is 0. The van der Waals surface area contributed by atoms with Crippen LogP contribution in [-0.4, -0.2) is 60.4 Å². The number of aliphatic imine (C=N–C) groups is 1. The number of carbonyl (C=O) groups excluding carboxylic acids is 1. The van der Waals surface area contributed by atoms with Crippen molar-refractivity contribution in [3.05, 3.63) is 0 Å². The van der Waals surface area contributed by atoms with Gasteiger partial charge in [0.25, 0.3) is 0 Å². The number of hydrogen-bond acceptors (Lipinski definition) is 2. The summed E-state index contributed by atoms with van der Waals surface area (Å²) in [5, 5.41) is 3.39. The number of rotatable bonds is 6. The molecular formula is C16H31IN4O. The van der Waals surface area contributed by atoms with Crippen LogP contribution in [0.4, 0.5) is 0 Å².